The molecule has 0 saturated carbocycles. The highest BCUT2D eigenvalue weighted by atomic mass is 32.2. The van der Waals surface area contributed by atoms with Gasteiger partial charge in [0.1, 0.15) is 11.0 Å². The maximum absolute atomic E-state index is 12.0. The quantitative estimate of drug-likeness (QED) is 0.446. The summed E-state index contributed by atoms with van der Waals surface area (Å²) in [6, 6.07) is 15.1. The van der Waals surface area contributed by atoms with Crippen LogP contribution in [0.4, 0.5) is 0 Å². The van der Waals surface area contributed by atoms with Gasteiger partial charge in [0.2, 0.25) is 10.0 Å². The highest BCUT2D eigenvalue weighted by Crippen LogP contribution is 2.32. The average molecular weight is 409 g/mol. The molecule has 5 nitrogen and oxygen atoms in total. The summed E-state index contributed by atoms with van der Waals surface area (Å²) in [4.78, 5) is 4.58. The zero-order valence-corrected chi connectivity index (χ0v) is 16.7. The van der Waals surface area contributed by atoms with Crippen molar-refractivity contribution in [3.63, 3.8) is 0 Å². The van der Waals surface area contributed by atoms with E-state index in [4.69, 9.17) is 9.88 Å². The van der Waals surface area contributed by atoms with Crippen molar-refractivity contribution >= 4 is 43.3 Å². The van der Waals surface area contributed by atoms with Gasteiger partial charge in [0.25, 0.3) is 0 Å². The predicted molar refractivity (Wildman–Crippen MR) is 108 cm³/mol. The molecule has 0 fully saturated rings. The summed E-state index contributed by atoms with van der Waals surface area (Å²) >= 11 is 3.30. The van der Waals surface area contributed by atoms with Crippen LogP contribution in [-0.2, 0) is 10.0 Å². The second-order valence-electron chi connectivity index (χ2n) is 5.79. The zero-order valence-electron chi connectivity index (χ0n) is 14.3. The van der Waals surface area contributed by atoms with Crippen molar-refractivity contribution in [1.29, 1.82) is 0 Å². The highest BCUT2D eigenvalue weighted by molar-refractivity contribution is 8.01. The second-order valence-corrected chi connectivity index (χ2v) is 9.91. The molecule has 3 rings (SSSR count). The summed E-state index contributed by atoms with van der Waals surface area (Å²) in [5, 5.41) is 4.73. The van der Waals surface area contributed by atoms with Crippen LogP contribution >= 0.6 is 23.1 Å². The van der Waals surface area contributed by atoms with Gasteiger partial charge in [-0.3, -0.25) is 0 Å². The van der Waals surface area contributed by atoms with Gasteiger partial charge in [-0.15, -0.1) is 11.3 Å². The number of fused-ring (bicyclic) bond motifs is 1. The number of hydrogen-bond donors (Lipinski definition) is 1. The molecular weight excluding hydrogens is 388 g/mol. The normalized spacial score (nSPS) is 13.0. The molecule has 138 valence electrons. The first-order valence-electron chi connectivity index (χ1n) is 8.11. The number of nitrogens with two attached hydrogens (primary N) is 1. The molecular formula is C18H20N2O3S3. The lowest BCUT2D eigenvalue weighted by Gasteiger charge is -2.15. The van der Waals surface area contributed by atoms with Gasteiger partial charge in [-0.25, -0.2) is 18.5 Å². The molecule has 0 bridgehead atoms. The Balaban J connectivity index is 1.63. The Bertz CT molecular complexity index is 953. The van der Waals surface area contributed by atoms with E-state index < -0.39 is 15.3 Å². The number of aromatic nitrogens is 1. The van der Waals surface area contributed by atoms with Crippen molar-refractivity contribution in [3.05, 3.63) is 54.1 Å². The van der Waals surface area contributed by atoms with Crippen LogP contribution in [0.25, 0.3) is 10.2 Å². The Hall–Kier alpha value is -1.61. The van der Waals surface area contributed by atoms with Crippen LogP contribution in [0.2, 0.25) is 0 Å². The summed E-state index contributed by atoms with van der Waals surface area (Å²) in [6.45, 7) is 0. The molecule has 0 radical (unpaired) electrons. The summed E-state index contributed by atoms with van der Waals surface area (Å²) in [6.07, 6.45) is 1.18. The van der Waals surface area contributed by atoms with Gasteiger partial charge in [0, 0.05) is 5.75 Å². The van der Waals surface area contributed by atoms with Crippen LogP contribution in [0.5, 0.6) is 5.75 Å². The molecule has 0 aliphatic rings. The van der Waals surface area contributed by atoms with Crippen LogP contribution in [-0.4, -0.2) is 26.3 Å². The molecule has 1 heterocycles. The maximum Gasteiger partial charge on any atom is 0.216 e. The first kappa shape index (κ1) is 19.2. The van der Waals surface area contributed by atoms with Gasteiger partial charge in [0.15, 0.2) is 4.34 Å². The van der Waals surface area contributed by atoms with Gasteiger partial charge < -0.3 is 4.74 Å². The average Bonchev–Trinajstić information content (AvgIpc) is 3.03. The third-order valence-electron chi connectivity index (χ3n) is 3.97. The number of thiazole rings is 1. The van der Waals surface area contributed by atoms with E-state index >= 15 is 0 Å². The monoisotopic (exact) mass is 408 g/mol. The first-order valence-corrected chi connectivity index (χ1v) is 11.5. The van der Waals surface area contributed by atoms with Crippen LogP contribution in [0.3, 0.4) is 0 Å². The van der Waals surface area contributed by atoms with E-state index in [9.17, 15) is 8.42 Å². The topological polar surface area (TPSA) is 82.3 Å². The number of rotatable bonds is 8. The number of sulfonamides is 1. The number of hydrogen-bond acceptors (Lipinski definition) is 6. The van der Waals surface area contributed by atoms with Crippen LogP contribution < -0.4 is 9.88 Å². The Kier molecular flexibility index (Phi) is 6.18. The number of primary sulfonamides is 1. The molecule has 0 amide bonds. The minimum absolute atomic E-state index is 0.462. The fraction of sp³-hybridized carbons (Fsp3) is 0.278. The molecule has 1 aromatic heterocycles. The Morgan fingerprint density at radius 3 is 2.77 bits per heavy atom. The van der Waals surface area contributed by atoms with E-state index in [2.05, 4.69) is 11.1 Å². The third-order valence-corrected chi connectivity index (χ3v) is 7.54. The zero-order chi connectivity index (χ0) is 18.6. The second kappa shape index (κ2) is 8.39. The largest absolute Gasteiger partial charge is 0.497 e. The Morgan fingerprint density at radius 2 is 2.04 bits per heavy atom. The van der Waals surface area contributed by atoms with Crippen LogP contribution in [0.1, 0.15) is 23.7 Å². The maximum atomic E-state index is 12.0. The molecule has 1 unspecified atom stereocenters. The number of benzene rings is 2. The van der Waals surface area contributed by atoms with Crippen molar-refractivity contribution < 1.29 is 13.2 Å². The van der Waals surface area contributed by atoms with E-state index in [1.165, 1.54) is 0 Å². The molecule has 0 aliphatic heterocycles. The lowest BCUT2D eigenvalue weighted by molar-refractivity contribution is 0.414. The third kappa shape index (κ3) is 4.76. The lowest BCUT2D eigenvalue weighted by atomic mass is 10.1. The highest BCUT2D eigenvalue weighted by Gasteiger charge is 2.23. The van der Waals surface area contributed by atoms with Crippen molar-refractivity contribution in [3.8, 4) is 5.75 Å². The Labute approximate surface area is 161 Å². The van der Waals surface area contributed by atoms with Crippen molar-refractivity contribution in [2.45, 2.75) is 22.4 Å². The molecule has 2 aromatic carbocycles. The smallest absolute Gasteiger partial charge is 0.216 e. The predicted octanol–water partition coefficient (Wildman–Crippen LogP) is 4.21. The summed E-state index contributed by atoms with van der Waals surface area (Å²) < 4.78 is 31.4. The lowest BCUT2D eigenvalue weighted by Crippen LogP contribution is -2.22. The fourth-order valence-corrected chi connectivity index (χ4v) is 5.83. The summed E-state index contributed by atoms with van der Waals surface area (Å²) in [5.74, 6) is 1.41. The van der Waals surface area contributed by atoms with E-state index in [1.807, 2.05) is 18.2 Å². The standard InChI is InChI=1S/C18H20N2O3S3/c1-23-14-7-4-6-13(12-14)17(26(19,21)22)10-5-11-24-18-20-15-8-2-3-9-16(15)25-18/h2-4,6-9,12,17H,5,10-11H2,1H3,(H2,19,21,22). The number of methoxy groups -OCH3 is 1. The molecule has 1 atom stereocenters. The fourth-order valence-electron chi connectivity index (χ4n) is 2.70. The van der Waals surface area contributed by atoms with Gasteiger partial charge in [-0.2, -0.15) is 0 Å². The first-order chi connectivity index (χ1) is 12.5. The van der Waals surface area contributed by atoms with Gasteiger partial charge in [-0.1, -0.05) is 36.0 Å². The molecule has 2 N–H and O–H groups in total. The van der Waals surface area contributed by atoms with Crippen LogP contribution in [0.15, 0.2) is 52.9 Å². The summed E-state index contributed by atoms with van der Waals surface area (Å²) in [5.41, 5.74) is 1.66. The van der Waals surface area contributed by atoms with Crippen molar-refractivity contribution in [1.82, 2.24) is 4.98 Å². The van der Waals surface area contributed by atoms with Gasteiger partial charge >= 0.3 is 0 Å². The molecule has 8 heteroatoms. The number of para-hydroxylation sites is 1. The van der Waals surface area contributed by atoms with Crippen LogP contribution in [0, 0.1) is 0 Å². The van der Waals surface area contributed by atoms with E-state index in [0.29, 0.717) is 17.7 Å². The van der Waals surface area contributed by atoms with Crippen molar-refractivity contribution in [2.24, 2.45) is 5.14 Å². The minimum Gasteiger partial charge on any atom is -0.497 e. The van der Waals surface area contributed by atoms with E-state index in [-0.39, 0.29) is 0 Å². The Morgan fingerprint density at radius 1 is 1.23 bits per heavy atom. The summed E-state index contributed by atoms with van der Waals surface area (Å²) in [7, 11) is -2.13. The number of thioether (sulfide) groups is 1. The molecule has 0 spiro atoms. The number of nitrogens with zero attached hydrogens (tertiary/aromatic N) is 1. The van der Waals surface area contributed by atoms with Crippen molar-refractivity contribution in [2.75, 3.05) is 12.9 Å². The minimum atomic E-state index is -3.69. The number of ether oxygens (including phenoxy) is 1. The van der Waals surface area contributed by atoms with Gasteiger partial charge in [-0.05, 0) is 42.7 Å². The molecule has 0 aliphatic carbocycles. The molecule has 26 heavy (non-hydrogen) atoms. The van der Waals surface area contributed by atoms with E-state index in [0.717, 1.165) is 26.7 Å². The molecule has 3 aromatic rings. The van der Waals surface area contributed by atoms with Gasteiger partial charge in [0.05, 0.1) is 17.3 Å². The SMILES string of the molecule is COc1cccc(C(CCCSc2nc3ccccc3s2)S(N)(=O)=O)c1. The van der Waals surface area contributed by atoms with E-state index in [1.54, 1.807) is 54.5 Å². The molecule has 0 saturated heterocycles.